The van der Waals surface area contributed by atoms with E-state index >= 15 is 0 Å². The van der Waals surface area contributed by atoms with Gasteiger partial charge in [0.1, 0.15) is 0 Å². The zero-order valence-electron chi connectivity index (χ0n) is 17.3. The lowest BCUT2D eigenvalue weighted by Gasteiger charge is -2.29. The van der Waals surface area contributed by atoms with Crippen LogP contribution in [-0.4, -0.2) is 22.5 Å². The van der Waals surface area contributed by atoms with Gasteiger partial charge in [-0.05, 0) is 68.4 Å². The van der Waals surface area contributed by atoms with Crippen LogP contribution >= 0.6 is 0 Å². The standard InChI is InChI=1S/C23H36N2O2/c1-17(26)20(23(2,3)4)15-16-24-22(27)12-8-6-10-19-14-13-18-9-5-7-11-21(18)25-19/h13-14,20,26H,1,5-12,15-16H2,2-4H3,(H,24,27). The van der Waals surface area contributed by atoms with Crippen molar-refractivity contribution in [2.75, 3.05) is 6.54 Å². The van der Waals surface area contributed by atoms with E-state index in [9.17, 15) is 9.90 Å². The molecule has 1 unspecified atom stereocenters. The Morgan fingerprint density at radius 2 is 2.00 bits per heavy atom. The first-order chi connectivity index (χ1) is 12.8. The zero-order chi connectivity index (χ0) is 19.9. The number of nitrogens with one attached hydrogen (secondary N) is 1. The van der Waals surface area contributed by atoms with Crippen LogP contribution in [0.25, 0.3) is 0 Å². The largest absolute Gasteiger partial charge is 0.513 e. The average molecular weight is 373 g/mol. The third-order valence-electron chi connectivity index (χ3n) is 5.53. The minimum absolute atomic E-state index is 0.00659. The van der Waals surface area contributed by atoms with E-state index in [1.807, 2.05) is 0 Å². The molecule has 0 saturated heterocycles. The first kappa shape index (κ1) is 21.5. The topological polar surface area (TPSA) is 62.2 Å². The summed E-state index contributed by atoms with van der Waals surface area (Å²) in [6.07, 6.45) is 8.88. The van der Waals surface area contributed by atoms with Crippen LogP contribution in [0.5, 0.6) is 0 Å². The Labute approximate surface area is 164 Å². The maximum absolute atomic E-state index is 12.0. The minimum atomic E-state index is -0.0571. The van der Waals surface area contributed by atoms with Crippen LogP contribution in [0.1, 0.15) is 76.2 Å². The summed E-state index contributed by atoms with van der Waals surface area (Å²) in [4.78, 5) is 16.8. The van der Waals surface area contributed by atoms with Gasteiger partial charge < -0.3 is 10.4 Å². The predicted octanol–water partition coefficient (Wildman–Crippen LogP) is 4.91. The molecule has 1 atom stereocenters. The number of nitrogens with zero attached hydrogens (tertiary/aromatic N) is 1. The molecule has 150 valence electrons. The van der Waals surface area contributed by atoms with Crippen LogP contribution in [0, 0.1) is 11.3 Å². The summed E-state index contributed by atoms with van der Waals surface area (Å²) in [6.45, 7) is 10.5. The smallest absolute Gasteiger partial charge is 0.219 e. The van der Waals surface area contributed by atoms with Crippen LogP contribution < -0.4 is 5.32 Å². The fourth-order valence-corrected chi connectivity index (χ4v) is 3.90. The number of amides is 1. The van der Waals surface area contributed by atoms with E-state index in [1.165, 1.54) is 30.5 Å². The number of aryl methyl sites for hydroxylation is 3. The highest BCUT2D eigenvalue weighted by atomic mass is 16.3. The van der Waals surface area contributed by atoms with Gasteiger partial charge in [0.2, 0.25) is 5.91 Å². The molecule has 1 aliphatic rings. The van der Waals surface area contributed by atoms with E-state index < -0.39 is 0 Å². The Bertz CT molecular complexity index is 646. The Kier molecular flexibility index (Phi) is 7.88. The number of unbranched alkanes of at least 4 members (excludes halogenated alkanes) is 1. The molecule has 1 aromatic heterocycles. The molecular formula is C23H36N2O2. The van der Waals surface area contributed by atoms with Crippen molar-refractivity contribution in [1.82, 2.24) is 10.3 Å². The van der Waals surface area contributed by atoms with Gasteiger partial charge in [0.05, 0.1) is 5.76 Å². The lowest BCUT2D eigenvalue weighted by molar-refractivity contribution is -0.121. The summed E-state index contributed by atoms with van der Waals surface area (Å²) in [5.41, 5.74) is 3.81. The maximum atomic E-state index is 12.0. The van der Waals surface area contributed by atoms with Gasteiger partial charge in [-0.25, -0.2) is 0 Å². The second-order valence-corrected chi connectivity index (χ2v) is 8.87. The van der Waals surface area contributed by atoms with Crippen LogP contribution in [0.4, 0.5) is 0 Å². The molecular weight excluding hydrogens is 336 g/mol. The Hall–Kier alpha value is -1.84. The van der Waals surface area contributed by atoms with Crippen molar-refractivity contribution in [1.29, 1.82) is 0 Å². The highest BCUT2D eigenvalue weighted by Crippen LogP contribution is 2.32. The lowest BCUT2D eigenvalue weighted by Crippen LogP contribution is -2.30. The number of allylic oxidation sites excluding steroid dienone is 1. The highest BCUT2D eigenvalue weighted by molar-refractivity contribution is 5.75. The number of aliphatic hydroxyl groups is 1. The van der Waals surface area contributed by atoms with Crippen molar-refractivity contribution in [2.45, 2.75) is 78.6 Å². The van der Waals surface area contributed by atoms with E-state index in [0.717, 1.165) is 31.4 Å². The van der Waals surface area contributed by atoms with Gasteiger partial charge in [-0.3, -0.25) is 9.78 Å². The van der Waals surface area contributed by atoms with E-state index in [0.29, 0.717) is 19.4 Å². The van der Waals surface area contributed by atoms with Crippen molar-refractivity contribution in [2.24, 2.45) is 11.3 Å². The third-order valence-corrected chi connectivity index (χ3v) is 5.53. The van der Waals surface area contributed by atoms with Crippen molar-refractivity contribution < 1.29 is 9.90 Å². The fraction of sp³-hybridized carbons (Fsp3) is 0.652. The maximum Gasteiger partial charge on any atom is 0.219 e. The van der Waals surface area contributed by atoms with E-state index in [2.05, 4.69) is 44.8 Å². The third kappa shape index (κ3) is 7.00. The number of carbonyl (C=O) groups is 1. The molecule has 0 radical (unpaired) electrons. The van der Waals surface area contributed by atoms with Crippen molar-refractivity contribution in [3.63, 3.8) is 0 Å². The molecule has 0 aromatic carbocycles. The fourth-order valence-electron chi connectivity index (χ4n) is 3.90. The quantitative estimate of drug-likeness (QED) is 0.478. The summed E-state index contributed by atoms with van der Waals surface area (Å²) in [5.74, 6) is 0.284. The molecule has 1 aliphatic carbocycles. The van der Waals surface area contributed by atoms with Crippen LogP contribution in [0.2, 0.25) is 0 Å². The average Bonchev–Trinajstić information content (AvgIpc) is 2.61. The summed E-state index contributed by atoms with van der Waals surface area (Å²) < 4.78 is 0. The highest BCUT2D eigenvalue weighted by Gasteiger charge is 2.26. The Morgan fingerprint density at radius 1 is 1.26 bits per heavy atom. The molecule has 4 nitrogen and oxygen atoms in total. The molecule has 0 spiro atoms. The Balaban J connectivity index is 1.64. The van der Waals surface area contributed by atoms with Crippen LogP contribution in [0.3, 0.4) is 0 Å². The Morgan fingerprint density at radius 3 is 2.70 bits per heavy atom. The number of pyridine rings is 1. The molecule has 2 N–H and O–H groups in total. The molecule has 27 heavy (non-hydrogen) atoms. The number of carbonyl (C=O) groups excluding carboxylic acids is 1. The second-order valence-electron chi connectivity index (χ2n) is 8.87. The first-order valence-electron chi connectivity index (χ1n) is 10.4. The number of fused-ring (bicyclic) bond motifs is 1. The number of hydrogen-bond acceptors (Lipinski definition) is 3. The molecule has 1 heterocycles. The van der Waals surface area contributed by atoms with Crippen molar-refractivity contribution >= 4 is 5.91 Å². The van der Waals surface area contributed by atoms with E-state index in [1.54, 1.807) is 0 Å². The van der Waals surface area contributed by atoms with Gasteiger partial charge in [-0.1, -0.05) is 33.4 Å². The molecule has 0 fully saturated rings. The monoisotopic (exact) mass is 372 g/mol. The van der Waals surface area contributed by atoms with Crippen LogP contribution in [-0.2, 0) is 24.1 Å². The molecule has 4 heteroatoms. The summed E-state index contributed by atoms with van der Waals surface area (Å²) in [6, 6.07) is 4.39. The normalized spacial score (nSPS) is 15.1. The van der Waals surface area contributed by atoms with Gasteiger partial charge in [0, 0.05) is 30.3 Å². The van der Waals surface area contributed by atoms with Crippen molar-refractivity contribution in [3.8, 4) is 0 Å². The predicted molar refractivity (Wildman–Crippen MR) is 111 cm³/mol. The first-order valence-corrected chi connectivity index (χ1v) is 10.4. The molecule has 1 amide bonds. The van der Waals surface area contributed by atoms with Crippen molar-refractivity contribution in [3.05, 3.63) is 41.4 Å². The minimum Gasteiger partial charge on any atom is -0.513 e. The second kappa shape index (κ2) is 9.91. The van der Waals surface area contributed by atoms with Crippen LogP contribution in [0.15, 0.2) is 24.5 Å². The lowest BCUT2D eigenvalue weighted by atomic mass is 9.78. The number of aliphatic hydroxyl groups excluding tert-OH is 1. The molecule has 0 aliphatic heterocycles. The summed E-state index contributed by atoms with van der Waals surface area (Å²) >= 11 is 0. The zero-order valence-corrected chi connectivity index (χ0v) is 17.3. The van der Waals surface area contributed by atoms with E-state index in [4.69, 9.17) is 4.98 Å². The summed E-state index contributed by atoms with van der Waals surface area (Å²) in [5, 5.41) is 12.7. The number of aromatic nitrogens is 1. The van der Waals surface area contributed by atoms with Gasteiger partial charge >= 0.3 is 0 Å². The summed E-state index contributed by atoms with van der Waals surface area (Å²) in [7, 11) is 0. The molecule has 2 rings (SSSR count). The van der Waals surface area contributed by atoms with Gasteiger partial charge in [-0.2, -0.15) is 0 Å². The molecule has 1 aromatic rings. The molecule has 0 saturated carbocycles. The van der Waals surface area contributed by atoms with Gasteiger partial charge in [0.15, 0.2) is 0 Å². The molecule has 0 bridgehead atoms. The number of rotatable bonds is 9. The number of hydrogen-bond donors (Lipinski definition) is 2. The van der Waals surface area contributed by atoms with Gasteiger partial charge in [-0.15, -0.1) is 0 Å². The van der Waals surface area contributed by atoms with Gasteiger partial charge in [0.25, 0.3) is 0 Å². The SMILES string of the molecule is C=C(O)C(CCNC(=O)CCCCc1ccc2c(n1)CCCC2)C(C)(C)C. The van der Waals surface area contributed by atoms with E-state index in [-0.39, 0.29) is 23.0 Å².